The number of nitrogens with zero attached hydrogens (tertiary/aromatic N) is 1. The SMILES string of the molecule is CN=C(NCc1ccc(S(N)(=O)=O)cc1)NCC1(Sc2ccccc2)CC1.I. The summed E-state index contributed by atoms with van der Waals surface area (Å²) in [6.45, 7) is 1.39. The molecule has 152 valence electrons. The molecule has 4 N–H and O–H groups in total. The van der Waals surface area contributed by atoms with Crippen LogP contribution in [0.15, 0.2) is 69.4 Å². The summed E-state index contributed by atoms with van der Waals surface area (Å²) in [7, 11) is -1.92. The van der Waals surface area contributed by atoms with E-state index in [1.807, 2.05) is 17.8 Å². The molecule has 0 unspecified atom stereocenters. The van der Waals surface area contributed by atoms with Crippen LogP contribution >= 0.6 is 35.7 Å². The molecule has 0 heterocycles. The maximum absolute atomic E-state index is 11.3. The molecule has 0 spiro atoms. The molecular weight excluding hydrogens is 507 g/mol. The third kappa shape index (κ3) is 6.64. The standard InChI is InChI=1S/C19H24N4O2S2.HI/c1-21-18(22-13-15-7-9-17(10-8-15)27(20,24)25)23-14-19(11-12-19)26-16-5-3-2-4-6-16;/h2-10H,11-14H2,1H3,(H2,20,24,25)(H2,21,22,23);1H. The number of thioether (sulfide) groups is 1. The van der Waals surface area contributed by atoms with E-state index < -0.39 is 10.0 Å². The number of hydrogen-bond acceptors (Lipinski definition) is 4. The quantitative estimate of drug-likeness (QED) is 0.290. The third-order valence-electron chi connectivity index (χ3n) is 4.40. The van der Waals surface area contributed by atoms with Crippen LogP contribution in [0, 0.1) is 0 Å². The Balaban J connectivity index is 0.00000280. The van der Waals surface area contributed by atoms with Crippen LogP contribution in [0.25, 0.3) is 0 Å². The monoisotopic (exact) mass is 532 g/mol. The minimum Gasteiger partial charge on any atom is -0.355 e. The lowest BCUT2D eigenvalue weighted by atomic mass is 10.2. The van der Waals surface area contributed by atoms with Crippen LogP contribution in [0.1, 0.15) is 18.4 Å². The van der Waals surface area contributed by atoms with Crippen molar-refractivity contribution in [3.05, 3.63) is 60.2 Å². The van der Waals surface area contributed by atoms with Gasteiger partial charge in [-0.05, 0) is 42.7 Å². The number of nitrogens with two attached hydrogens (primary N) is 1. The highest BCUT2D eigenvalue weighted by atomic mass is 127. The van der Waals surface area contributed by atoms with Gasteiger partial charge in [0.1, 0.15) is 0 Å². The molecule has 1 fully saturated rings. The van der Waals surface area contributed by atoms with Crippen molar-refractivity contribution in [3.8, 4) is 0 Å². The molecule has 2 aromatic rings. The van der Waals surface area contributed by atoms with Crippen molar-refractivity contribution in [2.24, 2.45) is 10.1 Å². The van der Waals surface area contributed by atoms with Crippen molar-refractivity contribution in [3.63, 3.8) is 0 Å². The van der Waals surface area contributed by atoms with Crippen LogP contribution in [-0.2, 0) is 16.6 Å². The zero-order chi connectivity index (χ0) is 19.3. The number of hydrogen-bond donors (Lipinski definition) is 3. The van der Waals surface area contributed by atoms with Gasteiger partial charge in [0.05, 0.1) is 4.90 Å². The summed E-state index contributed by atoms with van der Waals surface area (Å²) in [6, 6.07) is 17.0. The normalized spacial score (nSPS) is 15.4. The highest BCUT2D eigenvalue weighted by molar-refractivity contribution is 14.0. The highest BCUT2D eigenvalue weighted by Crippen LogP contribution is 2.51. The van der Waals surface area contributed by atoms with E-state index >= 15 is 0 Å². The Morgan fingerprint density at radius 1 is 1.11 bits per heavy atom. The fraction of sp³-hybridized carbons (Fsp3) is 0.316. The van der Waals surface area contributed by atoms with Crippen molar-refractivity contribution >= 4 is 51.7 Å². The molecule has 3 rings (SSSR count). The number of aliphatic imine (C=N–C) groups is 1. The van der Waals surface area contributed by atoms with E-state index in [1.165, 1.54) is 29.9 Å². The number of primary sulfonamides is 1. The Morgan fingerprint density at radius 3 is 2.29 bits per heavy atom. The van der Waals surface area contributed by atoms with Crippen LogP contribution in [0.4, 0.5) is 0 Å². The summed E-state index contributed by atoms with van der Waals surface area (Å²) in [5.74, 6) is 0.727. The van der Waals surface area contributed by atoms with Crippen LogP contribution in [0.3, 0.4) is 0 Å². The molecule has 0 radical (unpaired) electrons. The average Bonchev–Trinajstić information content (AvgIpc) is 3.42. The van der Waals surface area contributed by atoms with E-state index in [1.54, 1.807) is 19.2 Å². The first-order chi connectivity index (χ1) is 12.9. The molecule has 0 amide bonds. The second-order valence-electron chi connectivity index (χ2n) is 6.57. The third-order valence-corrected chi connectivity index (χ3v) is 6.82. The molecule has 28 heavy (non-hydrogen) atoms. The summed E-state index contributed by atoms with van der Waals surface area (Å²) >= 11 is 1.91. The van der Waals surface area contributed by atoms with Gasteiger partial charge < -0.3 is 10.6 Å². The zero-order valence-electron chi connectivity index (χ0n) is 15.6. The van der Waals surface area contributed by atoms with Crippen molar-refractivity contribution in [2.45, 2.75) is 33.9 Å². The Morgan fingerprint density at radius 2 is 1.75 bits per heavy atom. The van der Waals surface area contributed by atoms with Crippen LogP contribution in [-0.4, -0.2) is 32.7 Å². The second kappa shape index (κ2) is 9.95. The topological polar surface area (TPSA) is 96.6 Å². The van der Waals surface area contributed by atoms with Crippen LogP contribution in [0.2, 0.25) is 0 Å². The fourth-order valence-corrected chi connectivity index (χ4v) is 4.40. The number of guanidine groups is 1. The molecule has 0 aliphatic heterocycles. The first kappa shape index (κ1) is 23.0. The zero-order valence-corrected chi connectivity index (χ0v) is 19.6. The van der Waals surface area contributed by atoms with E-state index in [2.05, 4.69) is 39.9 Å². The minimum absolute atomic E-state index is 0. The first-order valence-electron chi connectivity index (χ1n) is 8.71. The van der Waals surface area contributed by atoms with Gasteiger partial charge in [0.25, 0.3) is 0 Å². The van der Waals surface area contributed by atoms with Gasteiger partial charge >= 0.3 is 0 Å². The molecule has 9 heteroatoms. The summed E-state index contributed by atoms with van der Waals surface area (Å²) < 4.78 is 22.8. The summed E-state index contributed by atoms with van der Waals surface area (Å²) in [5, 5.41) is 11.8. The number of halogens is 1. The molecular formula is C19H25IN4O2S2. The summed E-state index contributed by atoms with van der Waals surface area (Å²) in [4.78, 5) is 5.67. The molecule has 0 bridgehead atoms. The van der Waals surface area contributed by atoms with Crippen molar-refractivity contribution < 1.29 is 8.42 Å². The smallest absolute Gasteiger partial charge is 0.238 e. The molecule has 1 saturated carbocycles. The molecule has 1 aliphatic rings. The Kier molecular flexibility index (Phi) is 8.17. The van der Waals surface area contributed by atoms with E-state index in [4.69, 9.17) is 5.14 Å². The van der Waals surface area contributed by atoms with Gasteiger partial charge in [-0.1, -0.05) is 30.3 Å². The number of nitrogens with one attached hydrogen (secondary N) is 2. The van der Waals surface area contributed by atoms with Gasteiger partial charge in [-0.15, -0.1) is 35.7 Å². The van der Waals surface area contributed by atoms with Gasteiger partial charge in [-0.2, -0.15) is 0 Å². The maximum Gasteiger partial charge on any atom is 0.238 e. The molecule has 0 saturated heterocycles. The molecule has 1 aliphatic carbocycles. The van der Waals surface area contributed by atoms with Gasteiger partial charge in [-0.3, -0.25) is 4.99 Å². The van der Waals surface area contributed by atoms with Crippen molar-refractivity contribution in [1.29, 1.82) is 0 Å². The van der Waals surface area contributed by atoms with Crippen LogP contribution in [0.5, 0.6) is 0 Å². The molecule has 6 nitrogen and oxygen atoms in total. The minimum atomic E-state index is -3.66. The number of benzene rings is 2. The molecule has 0 atom stereocenters. The van der Waals surface area contributed by atoms with Crippen molar-refractivity contribution in [2.75, 3.05) is 13.6 Å². The molecule has 0 aromatic heterocycles. The lowest BCUT2D eigenvalue weighted by Crippen LogP contribution is -2.40. The van der Waals surface area contributed by atoms with E-state index in [9.17, 15) is 8.42 Å². The van der Waals surface area contributed by atoms with Gasteiger partial charge in [0.2, 0.25) is 10.0 Å². The summed E-state index contributed by atoms with van der Waals surface area (Å²) in [6.07, 6.45) is 2.37. The fourth-order valence-electron chi connectivity index (χ4n) is 2.64. The van der Waals surface area contributed by atoms with E-state index in [0.717, 1.165) is 18.1 Å². The van der Waals surface area contributed by atoms with Crippen molar-refractivity contribution in [1.82, 2.24) is 10.6 Å². The average molecular weight is 532 g/mol. The number of sulfonamides is 1. The van der Waals surface area contributed by atoms with E-state index in [-0.39, 0.29) is 33.6 Å². The highest BCUT2D eigenvalue weighted by Gasteiger charge is 2.43. The Labute approximate surface area is 187 Å². The predicted molar refractivity (Wildman–Crippen MR) is 126 cm³/mol. The summed E-state index contributed by atoms with van der Waals surface area (Å²) in [5.41, 5.74) is 0.949. The lowest BCUT2D eigenvalue weighted by Gasteiger charge is -2.18. The van der Waals surface area contributed by atoms with Gasteiger partial charge in [-0.25, -0.2) is 13.6 Å². The first-order valence-corrected chi connectivity index (χ1v) is 11.1. The van der Waals surface area contributed by atoms with E-state index in [0.29, 0.717) is 6.54 Å². The largest absolute Gasteiger partial charge is 0.355 e. The van der Waals surface area contributed by atoms with Crippen LogP contribution < -0.4 is 15.8 Å². The Bertz CT molecular complexity index is 899. The maximum atomic E-state index is 11.3. The van der Waals surface area contributed by atoms with Gasteiger partial charge in [0.15, 0.2) is 5.96 Å². The number of rotatable bonds is 7. The molecule has 2 aromatic carbocycles. The predicted octanol–water partition coefficient (Wildman–Crippen LogP) is 2.94. The Hall–Kier alpha value is -1.30. The lowest BCUT2D eigenvalue weighted by molar-refractivity contribution is 0.597. The van der Waals surface area contributed by atoms with Gasteiger partial charge in [0, 0.05) is 29.8 Å². The second-order valence-corrected chi connectivity index (χ2v) is 9.67.